The Bertz CT molecular complexity index is 485. The van der Waals surface area contributed by atoms with Gasteiger partial charge in [-0.3, -0.25) is 5.32 Å². The molecule has 0 aliphatic carbocycles. The van der Waals surface area contributed by atoms with Crippen LogP contribution in [0.15, 0.2) is 23.2 Å². The summed E-state index contributed by atoms with van der Waals surface area (Å²) in [6.07, 6.45) is -0.514. The van der Waals surface area contributed by atoms with Gasteiger partial charge in [-0.1, -0.05) is 6.07 Å². The average Bonchev–Trinajstić information content (AvgIpc) is 2.77. The summed E-state index contributed by atoms with van der Waals surface area (Å²) in [6, 6.07) is 6.16. The van der Waals surface area contributed by atoms with E-state index in [0.717, 1.165) is 0 Å². The third kappa shape index (κ3) is 3.05. The zero-order valence-corrected chi connectivity index (χ0v) is 13.9. The highest BCUT2D eigenvalue weighted by Gasteiger charge is 2.23. The third-order valence-corrected chi connectivity index (χ3v) is 4.37. The van der Waals surface area contributed by atoms with Gasteiger partial charge < -0.3 is 10.1 Å². The van der Waals surface area contributed by atoms with Crippen LogP contribution in [-0.4, -0.2) is 25.7 Å². The minimum atomic E-state index is -0.514. The number of carbonyl (C=O) groups is 1. The van der Waals surface area contributed by atoms with Crippen LogP contribution in [0.2, 0.25) is 0 Å². The van der Waals surface area contributed by atoms with Crippen molar-refractivity contribution in [2.75, 3.05) is 13.7 Å². The normalized spacial score (nSPS) is 17.9. The molecular weight excluding hydrogens is 460 g/mol. The molecule has 2 rings (SSSR count). The third-order valence-electron chi connectivity index (χ3n) is 2.49. The lowest BCUT2D eigenvalue weighted by Crippen LogP contribution is -2.38. The number of alkyl carbamates (subject to hydrolysis) is 1. The number of hydrogen-bond donors (Lipinski definition) is 2. The van der Waals surface area contributed by atoms with Crippen molar-refractivity contribution in [3.05, 3.63) is 30.9 Å². The number of amides is 1. The van der Waals surface area contributed by atoms with Crippen molar-refractivity contribution in [2.45, 2.75) is 6.04 Å². The van der Waals surface area contributed by atoms with Crippen LogP contribution in [0.4, 0.5) is 4.79 Å². The van der Waals surface area contributed by atoms with E-state index in [2.05, 4.69) is 77.7 Å². The van der Waals surface area contributed by atoms with Crippen LogP contribution in [0.25, 0.3) is 0 Å². The van der Waals surface area contributed by atoms with Crippen LogP contribution in [-0.2, 0) is 4.74 Å². The summed E-state index contributed by atoms with van der Waals surface area (Å²) in [5.74, 6) is 0.460. The fourth-order valence-corrected chi connectivity index (χ4v) is 3.89. The highest BCUT2D eigenvalue weighted by Crippen LogP contribution is 2.29. The predicted molar refractivity (Wildman–Crippen MR) is 85.6 cm³/mol. The van der Waals surface area contributed by atoms with E-state index in [1.165, 1.54) is 19.8 Å². The summed E-state index contributed by atoms with van der Waals surface area (Å²) in [4.78, 5) is 15.5. The zero-order valence-electron chi connectivity index (χ0n) is 9.54. The van der Waals surface area contributed by atoms with Gasteiger partial charge in [-0.2, -0.15) is 0 Å². The van der Waals surface area contributed by atoms with E-state index >= 15 is 0 Å². The highest BCUT2D eigenvalue weighted by molar-refractivity contribution is 14.1. The van der Waals surface area contributed by atoms with E-state index in [4.69, 9.17) is 0 Å². The monoisotopic (exact) mass is 471 g/mol. The molecule has 1 atom stereocenters. The largest absolute Gasteiger partial charge is 0.453 e. The second kappa shape index (κ2) is 6.04. The molecule has 0 saturated heterocycles. The van der Waals surface area contributed by atoms with Gasteiger partial charge in [0.25, 0.3) is 0 Å². The number of nitrogens with zero attached hydrogens (tertiary/aromatic N) is 1. The van der Waals surface area contributed by atoms with E-state index in [9.17, 15) is 4.79 Å². The van der Waals surface area contributed by atoms with Crippen LogP contribution in [0.1, 0.15) is 11.6 Å². The van der Waals surface area contributed by atoms with Crippen molar-refractivity contribution in [2.24, 2.45) is 4.99 Å². The minimum Gasteiger partial charge on any atom is -0.453 e. The number of nitrogens with one attached hydrogen (secondary N) is 2. The van der Waals surface area contributed by atoms with Crippen molar-refractivity contribution < 1.29 is 9.53 Å². The molecule has 1 unspecified atom stereocenters. The Morgan fingerprint density at radius 1 is 1.50 bits per heavy atom. The SMILES string of the molecule is COC(=O)NC1=NC(c2c(I)cccc2I)CN1. The van der Waals surface area contributed by atoms with E-state index in [0.29, 0.717) is 12.5 Å². The summed E-state index contributed by atoms with van der Waals surface area (Å²) in [5.41, 5.74) is 1.19. The quantitative estimate of drug-likeness (QED) is 0.619. The van der Waals surface area contributed by atoms with Gasteiger partial charge >= 0.3 is 6.09 Å². The molecule has 0 spiro atoms. The lowest BCUT2D eigenvalue weighted by Gasteiger charge is -2.10. The lowest BCUT2D eigenvalue weighted by atomic mass is 10.1. The molecule has 0 radical (unpaired) electrons. The van der Waals surface area contributed by atoms with Gasteiger partial charge in [-0.25, -0.2) is 9.79 Å². The van der Waals surface area contributed by atoms with Gasteiger partial charge in [0.2, 0.25) is 5.96 Å². The van der Waals surface area contributed by atoms with Crippen LogP contribution >= 0.6 is 45.2 Å². The first-order valence-electron chi connectivity index (χ1n) is 5.22. The van der Waals surface area contributed by atoms with Gasteiger partial charge in [0.15, 0.2) is 0 Å². The molecule has 1 aromatic carbocycles. The average molecular weight is 471 g/mol. The van der Waals surface area contributed by atoms with Crippen molar-refractivity contribution >= 4 is 57.2 Å². The summed E-state index contributed by atoms with van der Waals surface area (Å²) >= 11 is 4.60. The molecule has 96 valence electrons. The number of benzene rings is 1. The fraction of sp³-hybridized carbons (Fsp3) is 0.273. The van der Waals surface area contributed by atoms with E-state index < -0.39 is 6.09 Å². The Labute approximate surface area is 132 Å². The van der Waals surface area contributed by atoms with E-state index in [1.54, 1.807) is 0 Å². The maximum atomic E-state index is 11.1. The van der Waals surface area contributed by atoms with Crippen LogP contribution in [0, 0.1) is 7.14 Å². The summed E-state index contributed by atoms with van der Waals surface area (Å²) in [7, 11) is 1.32. The fourth-order valence-electron chi connectivity index (χ4n) is 1.66. The number of halogens is 2. The Morgan fingerprint density at radius 2 is 2.17 bits per heavy atom. The van der Waals surface area contributed by atoms with Crippen LogP contribution in [0.5, 0.6) is 0 Å². The Balaban J connectivity index is 2.19. The molecule has 1 aromatic rings. The van der Waals surface area contributed by atoms with E-state index in [-0.39, 0.29) is 6.04 Å². The first-order valence-corrected chi connectivity index (χ1v) is 7.38. The number of carbonyl (C=O) groups excluding carboxylic acids is 1. The lowest BCUT2D eigenvalue weighted by molar-refractivity contribution is 0.176. The molecule has 0 fully saturated rings. The van der Waals surface area contributed by atoms with Crippen molar-refractivity contribution in [1.82, 2.24) is 10.6 Å². The number of ether oxygens (including phenoxy) is 1. The maximum absolute atomic E-state index is 11.1. The number of rotatable bonds is 1. The van der Waals surface area contributed by atoms with Crippen LogP contribution in [0.3, 0.4) is 0 Å². The molecule has 18 heavy (non-hydrogen) atoms. The summed E-state index contributed by atoms with van der Waals surface area (Å²) < 4.78 is 6.88. The van der Waals surface area contributed by atoms with Gasteiger partial charge in [0.1, 0.15) is 0 Å². The number of hydrogen-bond acceptors (Lipinski definition) is 4. The molecule has 7 heteroatoms. The number of methoxy groups -OCH3 is 1. The molecule has 1 aliphatic rings. The first kappa shape index (κ1) is 13.8. The van der Waals surface area contributed by atoms with Crippen molar-refractivity contribution in [1.29, 1.82) is 0 Å². The van der Waals surface area contributed by atoms with Gasteiger partial charge in [0, 0.05) is 19.2 Å². The standard InChI is InChI=1S/C11H11I2N3O2/c1-18-11(17)16-10-14-5-8(15-10)9-6(12)3-2-4-7(9)13/h2-4,8H,5H2,1H3,(H2,14,15,16,17). The van der Waals surface area contributed by atoms with Crippen LogP contribution < -0.4 is 10.6 Å². The molecular formula is C11H11I2N3O2. The second-order valence-electron chi connectivity index (χ2n) is 3.63. The zero-order chi connectivity index (χ0) is 13.1. The number of guanidine groups is 1. The minimum absolute atomic E-state index is 0.0251. The molecule has 1 heterocycles. The van der Waals surface area contributed by atoms with Gasteiger partial charge in [0.05, 0.1) is 13.2 Å². The topological polar surface area (TPSA) is 62.7 Å². The van der Waals surface area contributed by atoms with Gasteiger partial charge in [-0.05, 0) is 57.3 Å². The molecule has 5 nitrogen and oxygen atoms in total. The predicted octanol–water partition coefficient (Wildman–Crippen LogP) is 2.25. The molecule has 1 amide bonds. The smallest absolute Gasteiger partial charge is 0.413 e. The molecule has 2 N–H and O–H groups in total. The molecule has 0 aromatic heterocycles. The number of aliphatic imine (C=N–C) groups is 1. The first-order chi connectivity index (χ1) is 8.61. The highest BCUT2D eigenvalue weighted by atomic mass is 127. The molecule has 1 aliphatic heterocycles. The van der Waals surface area contributed by atoms with E-state index in [1.807, 2.05) is 6.07 Å². The Kier molecular flexibility index (Phi) is 4.65. The second-order valence-corrected chi connectivity index (χ2v) is 5.95. The Morgan fingerprint density at radius 3 is 2.78 bits per heavy atom. The maximum Gasteiger partial charge on any atom is 0.413 e. The van der Waals surface area contributed by atoms with Crippen molar-refractivity contribution in [3.63, 3.8) is 0 Å². The summed E-state index contributed by atoms with van der Waals surface area (Å²) in [5, 5.41) is 5.60. The van der Waals surface area contributed by atoms with Gasteiger partial charge in [-0.15, -0.1) is 0 Å². The molecule has 0 saturated carbocycles. The van der Waals surface area contributed by atoms with Crippen molar-refractivity contribution in [3.8, 4) is 0 Å². The molecule has 0 bridgehead atoms. The summed E-state index contributed by atoms with van der Waals surface area (Å²) in [6.45, 7) is 0.676. The Hall–Kier alpha value is -0.580.